The van der Waals surface area contributed by atoms with Gasteiger partial charge < -0.3 is 4.43 Å². The van der Waals surface area contributed by atoms with Gasteiger partial charge in [0.25, 0.3) is 0 Å². The average Bonchev–Trinajstić information content (AvgIpc) is 2.31. The summed E-state index contributed by atoms with van der Waals surface area (Å²) in [4.78, 5) is 0. The van der Waals surface area contributed by atoms with E-state index in [1.807, 2.05) is 7.11 Å². The maximum absolute atomic E-state index is 5.17. The second-order valence-electron chi connectivity index (χ2n) is 4.88. The first-order valence-electron chi connectivity index (χ1n) is 7.40. The molecule has 0 N–H and O–H groups in total. The zero-order chi connectivity index (χ0) is 11.9. The molecule has 0 amide bonds. The molecular formula is C14H32OSi. The van der Waals surface area contributed by atoms with E-state index in [0.29, 0.717) is 0 Å². The Morgan fingerprint density at radius 1 is 0.688 bits per heavy atom. The molecule has 1 nitrogen and oxygen atoms in total. The molecule has 0 aromatic heterocycles. The summed E-state index contributed by atoms with van der Waals surface area (Å²) >= 11 is 0. The van der Waals surface area contributed by atoms with Crippen molar-refractivity contribution < 1.29 is 4.43 Å². The highest BCUT2D eigenvalue weighted by Gasteiger charge is 1.93. The molecule has 0 saturated carbocycles. The standard InChI is InChI=1S/C14H32OSi/c1-3-4-5-6-7-8-9-10-11-12-13-14-16-15-2/h3-14,16H2,1-2H3. The fourth-order valence-corrected chi connectivity index (χ4v) is 2.93. The molecule has 0 aliphatic rings. The highest BCUT2D eigenvalue weighted by molar-refractivity contribution is 6.26. The van der Waals surface area contributed by atoms with Gasteiger partial charge in [0.05, 0.1) is 0 Å². The summed E-state index contributed by atoms with van der Waals surface area (Å²) < 4.78 is 5.17. The van der Waals surface area contributed by atoms with Crippen LogP contribution in [0.3, 0.4) is 0 Å². The molecule has 0 rings (SSSR count). The van der Waals surface area contributed by atoms with Crippen molar-refractivity contribution in [1.82, 2.24) is 0 Å². The monoisotopic (exact) mass is 244 g/mol. The zero-order valence-corrected chi connectivity index (χ0v) is 13.0. The summed E-state index contributed by atoms with van der Waals surface area (Å²) in [7, 11) is 1.72. The highest BCUT2D eigenvalue weighted by atomic mass is 28.2. The van der Waals surface area contributed by atoms with E-state index in [9.17, 15) is 0 Å². The predicted octanol–water partition coefficient (Wildman–Crippen LogP) is 4.45. The molecular weight excluding hydrogens is 212 g/mol. The van der Waals surface area contributed by atoms with Gasteiger partial charge in [0.1, 0.15) is 0 Å². The third-order valence-corrected chi connectivity index (χ3v) is 4.40. The number of hydrogen-bond acceptors (Lipinski definition) is 1. The van der Waals surface area contributed by atoms with Crippen LogP contribution in [0.25, 0.3) is 0 Å². The molecule has 0 unspecified atom stereocenters. The third kappa shape index (κ3) is 14.2. The first-order valence-corrected chi connectivity index (χ1v) is 8.98. The Bertz CT molecular complexity index is 103. The van der Waals surface area contributed by atoms with Gasteiger partial charge in [0.15, 0.2) is 9.76 Å². The molecule has 0 aliphatic heterocycles. The van der Waals surface area contributed by atoms with E-state index in [2.05, 4.69) is 6.92 Å². The molecule has 0 heterocycles. The van der Waals surface area contributed by atoms with Gasteiger partial charge in [-0.05, 0) is 6.04 Å². The normalized spacial score (nSPS) is 11.6. The van der Waals surface area contributed by atoms with Crippen molar-refractivity contribution in [3.05, 3.63) is 0 Å². The quantitative estimate of drug-likeness (QED) is 0.344. The lowest BCUT2D eigenvalue weighted by atomic mass is 10.1. The summed E-state index contributed by atoms with van der Waals surface area (Å²) in [6, 6.07) is 1.38. The molecule has 2 heteroatoms. The van der Waals surface area contributed by atoms with Gasteiger partial charge >= 0.3 is 0 Å². The Morgan fingerprint density at radius 3 is 1.56 bits per heavy atom. The molecule has 0 aromatic rings. The molecule has 0 saturated heterocycles. The van der Waals surface area contributed by atoms with Crippen molar-refractivity contribution in [3.63, 3.8) is 0 Å². The zero-order valence-electron chi connectivity index (χ0n) is 11.6. The maximum atomic E-state index is 5.17. The fourth-order valence-electron chi connectivity index (χ4n) is 2.09. The van der Waals surface area contributed by atoms with Gasteiger partial charge in [-0.1, -0.05) is 77.6 Å². The Labute approximate surface area is 105 Å². The Balaban J connectivity index is 2.83. The van der Waals surface area contributed by atoms with E-state index in [-0.39, 0.29) is 9.76 Å². The van der Waals surface area contributed by atoms with E-state index >= 15 is 0 Å². The highest BCUT2D eigenvalue weighted by Crippen LogP contribution is 2.11. The third-order valence-electron chi connectivity index (χ3n) is 3.20. The van der Waals surface area contributed by atoms with Crippen LogP contribution in [0.4, 0.5) is 0 Å². The van der Waals surface area contributed by atoms with E-state index in [1.165, 1.54) is 76.7 Å². The lowest BCUT2D eigenvalue weighted by molar-refractivity contribution is 0.438. The first-order chi connectivity index (χ1) is 7.91. The molecule has 98 valence electrons. The van der Waals surface area contributed by atoms with Crippen molar-refractivity contribution >= 4 is 9.76 Å². The molecule has 0 aliphatic carbocycles. The molecule has 0 bridgehead atoms. The van der Waals surface area contributed by atoms with Gasteiger partial charge in [-0.2, -0.15) is 0 Å². The average molecular weight is 244 g/mol. The molecule has 0 atom stereocenters. The molecule has 0 fully saturated rings. The Hall–Kier alpha value is 0.177. The van der Waals surface area contributed by atoms with Gasteiger partial charge in [0.2, 0.25) is 0 Å². The van der Waals surface area contributed by atoms with E-state index in [1.54, 1.807) is 0 Å². The van der Waals surface area contributed by atoms with Crippen LogP contribution in [0.1, 0.15) is 77.6 Å². The second-order valence-corrected chi connectivity index (χ2v) is 6.57. The number of hydrogen-bond donors (Lipinski definition) is 0. The van der Waals surface area contributed by atoms with Crippen molar-refractivity contribution in [2.24, 2.45) is 0 Å². The second kappa shape index (κ2) is 15.2. The molecule has 16 heavy (non-hydrogen) atoms. The van der Waals surface area contributed by atoms with Crippen LogP contribution in [0.5, 0.6) is 0 Å². The van der Waals surface area contributed by atoms with Crippen LogP contribution in [0.15, 0.2) is 0 Å². The van der Waals surface area contributed by atoms with Crippen LogP contribution >= 0.6 is 0 Å². The SMILES string of the molecule is CCCCCCCCCCCCC[SiH2]OC. The fraction of sp³-hybridized carbons (Fsp3) is 1.00. The van der Waals surface area contributed by atoms with Gasteiger partial charge in [0, 0.05) is 7.11 Å². The summed E-state index contributed by atoms with van der Waals surface area (Å²) in [6.45, 7) is 2.28. The van der Waals surface area contributed by atoms with Crippen molar-refractivity contribution in [3.8, 4) is 0 Å². The topological polar surface area (TPSA) is 9.23 Å². The van der Waals surface area contributed by atoms with Crippen molar-refractivity contribution in [2.45, 2.75) is 83.6 Å². The van der Waals surface area contributed by atoms with Gasteiger partial charge in [-0.3, -0.25) is 0 Å². The molecule has 0 radical (unpaired) electrons. The smallest absolute Gasteiger partial charge is 0.161 e. The van der Waals surface area contributed by atoms with E-state index in [4.69, 9.17) is 4.43 Å². The summed E-state index contributed by atoms with van der Waals surface area (Å²) in [5.41, 5.74) is 0. The van der Waals surface area contributed by atoms with Crippen LogP contribution in [0.2, 0.25) is 6.04 Å². The molecule has 0 aromatic carbocycles. The van der Waals surface area contributed by atoms with Gasteiger partial charge in [-0.15, -0.1) is 0 Å². The first kappa shape index (κ1) is 16.2. The van der Waals surface area contributed by atoms with Crippen molar-refractivity contribution in [2.75, 3.05) is 7.11 Å². The summed E-state index contributed by atoms with van der Waals surface area (Å²) in [6.07, 6.45) is 15.9. The van der Waals surface area contributed by atoms with Crippen LogP contribution < -0.4 is 0 Å². The van der Waals surface area contributed by atoms with Gasteiger partial charge in [-0.25, -0.2) is 0 Å². The van der Waals surface area contributed by atoms with Crippen molar-refractivity contribution in [1.29, 1.82) is 0 Å². The van der Waals surface area contributed by atoms with Crippen LogP contribution in [-0.4, -0.2) is 16.9 Å². The lowest BCUT2D eigenvalue weighted by Gasteiger charge is -2.02. The number of rotatable bonds is 13. The van der Waals surface area contributed by atoms with E-state index < -0.39 is 0 Å². The summed E-state index contributed by atoms with van der Waals surface area (Å²) in [5.74, 6) is 0. The lowest BCUT2D eigenvalue weighted by Crippen LogP contribution is -1.91. The van der Waals surface area contributed by atoms with Crippen LogP contribution in [-0.2, 0) is 4.43 Å². The molecule has 0 spiro atoms. The minimum atomic E-state index is -0.134. The predicted molar refractivity (Wildman–Crippen MR) is 76.8 cm³/mol. The van der Waals surface area contributed by atoms with E-state index in [0.717, 1.165) is 0 Å². The Kier molecular flexibility index (Phi) is 15.3. The Morgan fingerprint density at radius 2 is 1.12 bits per heavy atom. The minimum absolute atomic E-state index is 0.134. The van der Waals surface area contributed by atoms with Crippen LogP contribution in [0, 0.1) is 0 Å². The largest absolute Gasteiger partial charge is 0.427 e. The minimum Gasteiger partial charge on any atom is -0.427 e. The number of unbranched alkanes of at least 4 members (excludes halogenated alkanes) is 10. The summed E-state index contributed by atoms with van der Waals surface area (Å²) in [5, 5.41) is 0. The maximum Gasteiger partial charge on any atom is 0.161 e.